The number of carbonyl (C=O) groups is 1. The number of rotatable bonds is 6. The van der Waals surface area contributed by atoms with Crippen LogP contribution in [0.25, 0.3) is 10.4 Å². The normalized spacial score (nSPS) is 13.1. The Bertz CT molecular complexity index is 1400. The highest BCUT2D eigenvalue weighted by atomic mass is 35.5. The van der Waals surface area contributed by atoms with Crippen molar-refractivity contribution in [1.82, 2.24) is 4.72 Å². The second-order valence-electron chi connectivity index (χ2n) is 6.90. The van der Waals surface area contributed by atoms with Gasteiger partial charge >= 0.3 is 6.18 Å². The van der Waals surface area contributed by atoms with Gasteiger partial charge in [0, 0.05) is 11.8 Å². The molecule has 1 heterocycles. The van der Waals surface area contributed by atoms with E-state index in [0.29, 0.717) is 15.3 Å². The molecule has 0 atom stereocenters. The standard InChI is InChI=1S/C22H17ClF3N3O3S2/c1-13(30)29-34(31,32)15-6-4-5-14(11-15)19-9-10-20(33-19)18(12-21(27)22(24,25)26)28-17-8-3-2-7-16(17)23/h2-12H,27H2,1H3,(H,29,30). The second kappa shape index (κ2) is 10.00. The van der Waals surface area contributed by atoms with Gasteiger partial charge in [-0.25, -0.2) is 18.1 Å². The molecule has 0 saturated carbocycles. The highest BCUT2D eigenvalue weighted by Crippen LogP contribution is 2.33. The lowest BCUT2D eigenvalue weighted by molar-refractivity contribution is -0.117. The molecule has 3 aromatic rings. The van der Waals surface area contributed by atoms with E-state index in [0.717, 1.165) is 24.3 Å². The number of alkyl halides is 3. The summed E-state index contributed by atoms with van der Waals surface area (Å²) in [5.74, 6) is -0.738. The maximum absolute atomic E-state index is 13.1. The summed E-state index contributed by atoms with van der Waals surface area (Å²) in [6.45, 7) is 1.08. The molecule has 0 saturated heterocycles. The van der Waals surface area contributed by atoms with E-state index in [1.165, 1.54) is 18.2 Å². The third-order valence-electron chi connectivity index (χ3n) is 4.28. The molecule has 0 aliphatic heterocycles. The zero-order valence-electron chi connectivity index (χ0n) is 17.4. The van der Waals surface area contributed by atoms with Gasteiger partial charge in [0.25, 0.3) is 10.0 Å². The van der Waals surface area contributed by atoms with Gasteiger partial charge in [-0.2, -0.15) is 13.2 Å². The number of hydrogen-bond donors (Lipinski definition) is 2. The number of sulfonamides is 1. The van der Waals surface area contributed by atoms with Crippen LogP contribution in [-0.4, -0.2) is 26.2 Å². The Hall–Kier alpha value is -3.15. The van der Waals surface area contributed by atoms with Gasteiger partial charge in [0.1, 0.15) is 5.70 Å². The van der Waals surface area contributed by atoms with Crippen molar-refractivity contribution < 1.29 is 26.4 Å². The second-order valence-corrected chi connectivity index (χ2v) is 10.1. The topological polar surface area (TPSA) is 102 Å². The lowest BCUT2D eigenvalue weighted by Crippen LogP contribution is -2.28. The average Bonchev–Trinajstić information content (AvgIpc) is 3.23. The number of carbonyl (C=O) groups excluding carboxylic acids is 1. The maximum Gasteiger partial charge on any atom is 0.430 e. The van der Waals surface area contributed by atoms with E-state index < -0.39 is 27.8 Å². The van der Waals surface area contributed by atoms with Crippen molar-refractivity contribution in [2.75, 3.05) is 0 Å². The minimum atomic E-state index is -4.76. The van der Waals surface area contributed by atoms with E-state index in [-0.39, 0.29) is 21.3 Å². The Morgan fingerprint density at radius 3 is 2.47 bits per heavy atom. The van der Waals surface area contributed by atoms with E-state index in [9.17, 15) is 26.4 Å². The van der Waals surface area contributed by atoms with E-state index in [1.54, 1.807) is 42.5 Å². The number of amides is 1. The van der Waals surface area contributed by atoms with Crippen molar-refractivity contribution in [3.05, 3.63) is 82.3 Å². The first-order valence-electron chi connectivity index (χ1n) is 9.48. The number of benzene rings is 2. The summed E-state index contributed by atoms with van der Waals surface area (Å²) in [6.07, 6.45) is -4.04. The zero-order valence-corrected chi connectivity index (χ0v) is 19.8. The number of nitrogens with zero attached hydrogens (tertiary/aromatic N) is 1. The summed E-state index contributed by atoms with van der Waals surface area (Å²) in [5, 5.41) is 0.242. The number of nitrogens with one attached hydrogen (secondary N) is 1. The van der Waals surface area contributed by atoms with Gasteiger partial charge in [0.2, 0.25) is 5.91 Å². The lowest BCUT2D eigenvalue weighted by Gasteiger charge is -2.08. The predicted molar refractivity (Wildman–Crippen MR) is 127 cm³/mol. The van der Waals surface area contributed by atoms with Crippen LogP contribution in [0.3, 0.4) is 0 Å². The van der Waals surface area contributed by atoms with Gasteiger partial charge < -0.3 is 5.73 Å². The molecule has 0 bridgehead atoms. The minimum absolute atomic E-state index is 0.0683. The number of thiophene rings is 1. The number of para-hydroxylation sites is 1. The van der Waals surface area contributed by atoms with Gasteiger partial charge in [-0.3, -0.25) is 4.79 Å². The number of hydrogen-bond acceptors (Lipinski definition) is 6. The first kappa shape index (κ1) is 25.5. The molecule has 3 rings (SSSR count). The number of nitrogens with two attached hydrogens (primary N) is 1. The molecule has 0 spiro atoms. The van der Waals surface area contributed by atoms with Crippen LogP contribution in [0.2, 0.25) is 5.02 Å². The maximum atomic E-state index is 13.1. The van der Waals surface area contributed by atoms with Crippen LogP contribution in [0.15, 0.2) is 82.3 Å². The van der Waals surface area contributed by atoms with Crippen molar-refractivity contribution in [3.8, 4) is 10.4 Å². The highest BCUT2D eigenvalue weighted by Gasteiger charge is 2.32. The molecule has 0 aliphatic rings. The number of aliphatic imine (C=N–C) groups is 1. The summed E-state index contributed by atoms with van der Waals surface area (Å²) >= 11 is 7.20. The van der Waals surface area contributed by atoms with Crippen LogP contribution in [0.1, 0.15) is 11.8 Å². The average molecular weight is 528 g/mol. The summed E-state index contributed by atoms with van der Waals surface area (Å²) in [5.41, 5.74) is 4.56. The zero-order chi connectivity index (χ0) is 25.1. The van der Waals surface area contributed by atoms with E-state index in [4.69, 9.17) is 17.3 Å². The molecule has 0 fully saturated rings. The van der Waals surface area contributed by atoms with Gasteiger partial charge in [-0.05, 0) is 48.0 Å². The molecule has 1 amide bonds. The molecule has 0 radical (unpaired) electrons. The third-order valence-corrected chi connectivity index (χ3v) is 7.19. The van der Waals surface area contributed by atoms with Gasteiger partial charge in [0.15, 0.2) is 0 Å². The summed E-state index contributed by atoms with van der Waals surface area (Å²) in [6, 6.07) is 15.4. The van der Waals surface area contributed by atoms with Gasteiger partial charge in [0.05, 0.1) is 26.2 Å². The minimum Gasteiger partial charge on any atom is -0.395 e. The third kappa shape index (κ3) is 6.25. The molecular weight excluding hydrogens is 511 g/mol. The van der Waals surface area contributed by atoms with Gasteiger partial charge in [-0.1, -0.05) is 35.9 Å². The molecule has 12 heteroatoms. The van der Waals surface area contributed by atoms with Crippen LogP contribution in [0.5, 0.6) is 0 Å². The van der Waals surface area contributed by atoms with Gasteiger partial charge in [-0.15, -0.1) is 11.3 Å². The first-order valence-corrected chi connectivity index (χ1v) is 12.2. The van der Waals surface area contributed by atoms with Crippen LogP contribution < -0.4 is 10.5 Å². The number of halogens is 4. The van der Waals surface area contributed by atoms with Crippen LogP contribution in [0, 0.1) is 0 Å². The molecular formula is C22H17ClF3N3O3S2. The predicted octanol–water partition coefficient (Wildman–Crippen LogP) is 5.42. The van der Waals surface area contributed by atoms with Crippen molar-refractivity contribution in [2.24, 2.45) is 10.7 Å². The molecule has 178 valence electrons. The van der Waals surface area contributed by atoms with E-state index in [1.807, 2.05) is 4.72 Å². The molecule has 34 heavy (non-hydrogen) atoms. The fraction of sp³-hybridized carbons (Fsp3) is 0.0909. The Morgan fingerprint density at radius 1 is 1.12 bits per heavy atom. The SMILES string of the molecule is CC(=O)NS(=O)(=O)c1cccc(-c2ccc(C(C=C(N)C(F)(F)F)=Nc3ccccc3Cl)s2)c1. The fourth-order valence-corrected chi connectivity index (χ4v) is 4.93. The van der Waals surface area contributed by atoms with Crippen LogP contribution >= 0.6 is 22.9 Å². The summed E-state index contributed by atoms with van der Waals surface area (Å²) < 4.78 is 65.8. The summed E-state index contributed by atoms with van der Waals surface area (Å²) in [7, 11) is -4.06. The molecule has 2 aromatic carbocycles. The molecule has 0 unspecified atom stereocenters. The monoisotopic (exact) mass is 527 g/mol. The largest absolute Gasteiger partial charge is 0.430 e. The Balaban J connectivity index is 2.07. The lowest BCUT2D eigenvalue weighted by atomic mass is 10.2. The van der Waals surface area contributed by atoms with Crippen molar-refractivity contribution in [1.29, 1.82) is 0 Å². The quantitative estimate of drug-likeness (QED) is 0.418. The van der Waals surface area contributed by atoms with Crippen molar-refractivity contribution in [2.45, 2.75) is 18.0 Å². The van der Waals surface area contributed by atoms with Crippen LogP contribution in [-0.2, 0) is 14.8 Å². The van der Waals surface area contributed by atoms with Crippen molar-refractivity contribution in [3.63, 3.8) is 0 Å². The number of allylic oxidation sites excluding steroid dienone is 2. The molecule has 6 nitrogen and oxygen atoms in total. The Kier molecular flexibility index (Phi) is 7.49. The molecule has 3 N–H and O–H groups in total. The molecule has 1 aromatic heterocycles. The highest BCUT2D eigenvalue weighted by molar-refractivity contribution is 7.90. The van der Waals surface area contributed by atoms with E-state index >= 15 is 0 Å². The smallest absolute Gasteiger partial charge is 0.395 e. The summed E-state index contributed by atoms with van der Waals surface area (Å²) in [4.78, 5) is 16.2. The first-order chi connectivity index (χ1) is 15.9. The fourth-order valence-electron chi connectivity index (χ4n) is 2.76. The van der Waals surface area contributed by atoms with Crippen LogP contribution in [0.4, 0.5) is 18.9 Å². The van der Waals surface area contributed by atoms with Crippen molar-refractivity contribution >= 4 is 50.3 Å². The Morgan fingerprint density at radius 2 is 1.82 bits per heavy atom. The molecule has 0 aliphatic carbocycles. The van der Waals surface area contributed by atoms with E-state index in [2.05, 4.69) is 4.99 Å². The Labute approximate surface area is 202 Å².